The van der Waals surface area contributed by atoms with E-state index in [2.05, 4.69) is 14.5 Å². The largest absolute Gasteiger partial charge is 0.487 e. The molecular weight excluding hydrogens is 586 g/mol. The topological polar surface area (TPSA) is 99.2 Å². The fourth-order valence-electron chi connectivity index (χ4n) is 6.87. The van der Waals surface area contributed by atoms with Crippen molar-refractivity contribution < 1.29 is 23.1 Å². The van der Waals surface area contributed by atoms with Crippen molar-refractivity contribution in [1.29, 1.82) is 0 Å². The van der Waals surface area contributed by atoms with Crippen LogP contribution in [0.3, 0.4) is 0 Å². The van der Waals surface area contributed by atoms with E-state index in [-0.39, 0.29) is 23.4 Å². The third-order valence-corrected chi connectivity index (χ3v) is 12.2. The Morgan fingerprint density at radius 1 is 1.05 bits per heavy atom. The summed E-state index contributed by atoms with van der Waals surface area (Å²) < 4.78 is 35.5. The molecule has 2 heterocycles. The zero-order valence-corrected chi connectivity index (χ0v) is 27.3. The van der Waals surface area contributed by atoms with Gasteiger partial charge in [0, 0.05) is 29.7 Å². The van der Waals surface area contributed by atoms with Crippen molar-refractivity contribution in [3.8, 4) is 5.75 Å². The van der Waals surface area contributed by atoms with Gasteiger partial charge in [0.25, 0.3) is 5.91 Å². The van der Waals surface area contributed by atoms with Gasteiger partial charge in [-0.15, -0.1) is 0 Å². The monoisotopic (exact) mass is 631 g/mol. The lowest BCUT2D eigenvalue weighted by Crippen LogP contribution is -2.47. The Morgan fingerprint density at radius 2 is 1.84 bits per heavy atom. The number of benzene rings is 2. The van der Waals surface area contributed by atoms with Crippen LogP contribution in [-0.4, -0.2) is 68.9 Å². The van der Waals surface area contributed by atoms with Crippen molar-refractivity contribution in [1.82, 2.24) is 9.62 Å². The Balaban J connectivity index is 1.54. The summed E-state index contributed by atoms with van der Waals surface area (Å²) in [6.07, 6.45) is 5.52. The number of aryl methyl sites for hydroxylation is 1. The van der Waals surface area contributed by atoms with Crippen molar-refractivity contribution >= 4 is 33.2 Å². The van der Waals surface area contributed by atoms with Gasteiger partial charge in [-0.25, -0.2) is 13.1 Å². The lowest BCUT2D eigenvalue weighted by atomic mass is 9.69. The second-order valence-electron chi connectivity index (χ2n) is 13.1. The Bertz CT molecular complexity index is 1420. The molecule has 2 aromatic carbocycles. The number of anilines is 1. The van der Waals surface area contributed by atoms with Gasteiger partial charge in [0.15, 0.2) is 0 Å². The number of hydrogen-bond acceptors (Lipinski definition) is 7. The molecular formula is C33H46ClN3O5S. The molecule has 6 atom stereocenters. The molecule has 5 rings (SSSR count). The number of nitrogens with one attached hydrogen (secondary N) is 1. The minimum Gasteiger partial charge on any atom is -0.487 e. The van der Waals surface area contributed by atoms with Gasteiger partial charge in [-0.3, -0.25) is 4.79 Å². The Hall–Kier alpha value is -2.33. The molecule has 0 saturated heterocycles. The number of nitrogens with zero attached hydrogens (tertiary/aromatic N) is 2. The fourth-order valence-corrected chi connectivity index (χ4v) is 8.35. The summed E-state index contributed by atoms with van der Waals surface area (Å²) in [5.74, 6) is 0.281. The first-order valence-corrected chi connectivity index (χ1v) is 17.5. The summed E-state index contributed by atoms with van der Waals surface area (Å²) in [6, 6.07) is 11.1. The summed E-state index contributed by atoms with van der Waals surface area (Å²) in [6.45, 7) is 5.42. The molecule has 0 spiro atoms. The molecule has 3 aliphatic rings. The summed E-state index contributed by atoms with van der Waals surface area (Å²) in [5, 5.41) is 11.4. The van der Waals surface area contributed by atoms with Crippen molar-refractivity contribution in [3.05, 3.63) is 58.1 Å². The predicted molar refractivity (Wildman–Crippen MR) is 171 cm³/mol. The molecule has 2 bridgehead atoms. The van der Waals surface area contributed by atoms with Gasteiger partial charge in [0.05, 0.1) is 17.0 Å². The zero-order valence-electron chi connectivity index (χ0n) is 25.8. The molecule has 0 unspecified atom stereocenters. The molecule has 1 amide bonds. The van der Waals surface area contributed by atoms with Gasteiger partial charge in [-0.2, -0.15) is 0 Å². The second-order valence-corrected chi connectivity index (χ2v) is 15.6. The molecule has 1 aliphatic carbocycles. The van der Waals surface area contributed by atoms with Crippen molar-refractivity contribution in [3.63, 3.8) is 0 Å². The van der Waals surface area contributed by atoms with Crippen LogP contribution < -0.4 is 14.4 Å². The number of rotatable bonds is 1. The zero-order chi connectivity index (χ0) is 30.9. The van der Waals surface area contributed by atoms with Crippen LogP contribution >= 0.6 is 11.6 Å². The van der Waals surface area contributed by atoms with E-state index in [1.807, 2.05) is 39.2 Å². The number of carbonyl (C=O) groups is 1. The number of carbonyl (C=O) groups excluding carboxylic acids is 1. The highest BCUT2D eigenvalue weighted by Crippen LogP contribution is 2.42. The molecule has 236 valence electrons. The molecule has 2 aliphatic heterocycles. The van der Waals surface area contributed by atoms with Crippen LogP contribution in [0.2, 0.25) is 5.02 Å². The number of halogens is 1. The van der Waals surface area contributed by atoms with E-state index >= 15 is 0 Å². The third-order valence-electron chi connectivity index (χ3n) is 10.1. The Kier molecular flexibility index (Phi) is 9.96. The van der Waals surface area contributed by atoms with E-state index in [9.17, 15) is 18.3 Å². The van der Waals surface area contributed by atoms with E-state index in [1.54, 1.807) is 25.1 Å². The lowest BCUT2D eigenvalue weighted by molar-refractivity contribution is -0.00518. The van der Waals surface area contributed by atoms with E-state index < -0.39 is 27.3 Å². The third kappa shape index (κ3) is 7.32. The van der Waals surface area contributed by atoms with Crippen molar-refractivity contribution in [2.24, 2.45) is 17.8 Å². The van der Waals surface area contributed by atoms with Crippen LogP contribution in [0, 0.1) is 17.8 Å². The maximum atomic E-state index is 13.4. The maximum absolute atomic E-state index is 13.4. The first-order valence-electron chi connectivity index (χ1n) is 15.6. The standard InChI is InChI=1S/C33H46ClN3O5S/c1-21-15-28(36(3)4)18-31(38)29-12-9-25(29)19-37-14-6-5-7-23-16-27(34)11-8-26(23)20-42-32-13-10-24(17-30(32)37)33(39)35-43(40,41)22(21)2/h8,10-11,13,16-17,21-22,25,28-29,31,38H,5-7,9,12,14-15,18-20H2,1-4H3,(H,35,39)/t21-,22+,25-,28+,29+,31+/m0/s1. The summed E-state index contributed by atoms with van der Waals surface area (Å²) in [4.78, 5) is 17.8. The van der Waals surface area contributed by atoms with Gasteiger partial charge in [-0.1, -0.05) is 24.6 Å². The van der Waals surface area contributed by atoms with Crippen LogP contribution in [0.4, 0.5) is 5.69 Å². The summed E-state index contributed by atoms with van der Waals surface area (Å²) >= 11 is 6.32. The molecule has 43 heavy (non-hydrogen) atoms. The van der Waals surface area contributed by atoms with Crippen LogP contribution in [0.5, 0.6) is 5.75 Å². The van der Waals surface area contributed by atoms with Gasteiger partial charge in [-0.05, 0) is 125 Å². The predicted octanol–water partition coefficient (Wildman–Crippen LogP) is 5.26. The van der Waals surface area contributed by atoms with Crippen molar-refractivity contribution in [2.45, 2.75) is 82.8 Å². The smallest absolute Gasteiger partial charge is 0.264 e. The Labute approximate surface area is 261 Å². The van der Waals surface area contributed by atoms with Gasteiger partial charge >= 0.3 is 0 Å². The first-order chi connectivity index (χ1) is 20.4. The number of fused-ring (bicyclic) bond motifs is 3. The molecule has 1 fully saturated rings. The SMILES string of the molecule is C[C@@H]1[C@@H](C)C[C@@H](N(C)C)C[C@@H](O)[C@@H]2CC[C@H]2CN2CCCCc3cc(Cl)ccc3COc3ccc(cc32)C(=O)NS1(=O)=O. The number of aliphatic hydroxyl groups excluding tert-OH is 1. The number of amides is 1. The average molecular weight is 632 g/mol. The summed E-state index contributed by atoms with van der Waals surface area (Å²) in [5.41, 5.74) is 3.31. The molecule has 1 saturated carbocycles. The van der Waals surface area contributed by atoms with E-state index in [0.29, 0.717) is 36.1 Å². The van der Waals surface area contributed by atoms with E-state index in [1.165, 1.54) is 5.56 Å². The molecule has 8 nitrogen and oxygen atoms in total. The number of aliphatic hydroxyl groups is 1. The average Bonchev–Trinajstić information content (AvgIpc) is 2.96. The summed E-state index contributed by atoms with van der Waals surface area (Å²) in [7, 11) is 0.0216. The highest BCUT2D eigenvalue weighted by molar-refractivity contribution is 7.90. The minimum absolute atomic E-state index is 0.0214. The van der Waals surface area contributed by atoms with Gasteiger partial charge < -0.3 is 19.6 Å². The molecule has 0 aromatic heterocycles. The lowest BCUT2D eigenvalue weighted by Gasteiger charge is -2.44. The molecule has 0 radical (unpaired) electrons. The maximum Gasteiger partial charge on any atom is 0.264 e. The number of ether oxygens (including phenoxy) is 1. The minimum atomic E-state index is -3.94. The van der Waals surface area contributed by atoms with E-state index in [4.69, 9.17) is 16.3 Å². The van der Waals surface area contributed by atoms with Crippen LogP contribution in [0.15, 0.2) is 36.4 Å². The van der Waals surface area contributed by atoms with E-state index in [0.717, 1.165) is 56.4 Å². The highest BCUT2D eigenvalue weighted by Gasteiger charge is 2.40. The van der Waals surface area contributed by atoms with Gasteiger partial charge in [0.2, 0.25) is 10.0 Å². The first kappa shape index (κ1) is 32.1. The quantitative estimate of drug-likeness (QED) is 0.443. The van der Waals surface area contributed by atoms with Crippen LogP contribution in [0.1, 0.15) is 73.9 Å². The van der Waals surface area contributed by atoms with Gasteiger partial charge in [0.1, 0.15) is 12.4 Å². The Morgan fingerprint density at radius 3 is 2.56 bits per heavy atom. The molecule has 2 aromatic rings. The second kappa shape index (κ2) is 13.3. The van der Waals surface area contributed by atoms with Crippen molar-refractivity contribution in [2.75, 3.05) is 32.1 Å². The number of hydrogen-bond donors (Lipinski definition) is 2. The number of sulfonamides is 1. The molecule has 10 heteroatoms. The normalized spacial score (nSPS) is 30.1. The van der Waals surface area contributed by atoms with Crippen LogP contribution in [0.25, 0.3) is 0 Å². The molecule has 2 N–H and O–H groups in total. The fraction of sp³-hybridized carbons (Fsp3) is 0.606. The van der Waals surface area contributed by atoms with Crippen LogP contribution in [-0.2, 0) is 23.1 Å². The highest BCUT2D eigenvalue weighted by atomic mass is 35.5.